The zero-order valence-corrected chi connectivity index (χ0v) is 9.00. The second kappa shape index (κ2) is 3.58. The molecule has 1 aromatic carbocycles. The number of aryl methyl sites for hydroxylation is 1. The third-order valence-corrected chi connectivity index (χ3v) is 2.44. The van der Waals surface area contributed by atoms with Crippen molar-refractivity contribution < 1.29 is 4.39 Å². The van der Waals surface area contributed by atoms with Crippen LogP contribution in [0.15, 0.2) is 30.5 Å². The van der Waals surface area contributed by atoms with Gasteiger partial charge in [-0.3, -0.25) is 0 Å². The van der Waals surface area contributed by atoms with E-state index in [2.05, 4.69) is 20.3 Å². The molecule has 2 heterocycles. The van der Waals surface area contributed by atoms with Crippen LogP contribution in [0.2, 0.25) is 0 Å². The number of aromatic nitrogens is 5. The molecule has 17 heavy (non-hydrogen) atoms. The van der Waals surface area contributed by atoms with Gasteiger partial charge in [0.05, 0.1) is 6.20 Å². The summed E-state index contributed by atoms with van der Waals surface area (Å²) in [7, 11) is 0. The molecule has 3 aromatic rings. The first-order valence-corrected chi connectivity index (χ1v) is 5.05. The highest BCUT2D eigenvalue weighted by Crippen LogP contribution is 2.19. The van der Waals surface area contributed by atoms with Crippen LogP contribution in [0.4, 0.5) is 4.39 Å². The molecule has 0 amide bonds. The van der Waals surface area contributed by atoms with Crippen LogP contribution in [-0.4, -0.2) is 24.8 Å². The van der Waals surface area contributed by atoms with Gasteiger partial charge in [-0.15, -0.1) is 10.2 Å². The number of fused-ring (bicyclic) bond motifs is 1. The molecule has 2 aromatic heterocycles. The Hall–Kier alpha value is -2.37. The van der Waals surface area contributed by atoms with Crippen molar-refractivity contribution in [3.63, 3.8) is 0 Å². The highest BCUT2D eigenvalue weighted by molar-refractivity contribution is 5.58. The van der Waals surface area contributed by atoms with Crippen LogP contribution in [0.3, 0.4) is 0 Å². The standard InChI is InChI=1S/C11H8FN5/c1-7-14-15-11-13-6-10(16-17(7)11)8-4-2-3-5-9(8)12/h2-6H,1H3. The fourth-order valence-corrected chi connectivity index (χ4v) is 1.59. The number of rotatable bonds is 1. The molecule has 0 aliphatic carbocycles. The maximum atomic E-state index is 13.6. The first kappa shape index (κ1) is 9.83. The van der Waals surface area contributed by atoms with E-state index in [1.165, 1.54) is 16.8 Å². The third-order valence-electron chi connectivity index (χ3n) is 2.44. The topological polar surface area (TPSA) is 56.0 Å². The van der Waals surface area contributed by atoms with E-state index >= 15 is 0 Å². The average molecular weight is 229 g/mol. The van der Waals surface area contributed by atoms with E-state index in [9.17, 15) is 4.39 Å². The number of hydrogen-bond acceptors (Lipinski definition) is 4. The molecule has 5 nitrogen and oxygen atoms in total. The summed E-state index contributed by atoms with van der Waals surface area (Å²) in [5, 5.41) is 11.9. The molecule has 0 bridgehead atoms. The van der Waals surface area contributed by atoms with Crippen LogP contribution >= 0.6 is 0 Å². The normalized spacial score (nSPS) is 10.9. The maximum Gasteiger partial charge on any atom is 0.271 e. The van der Waals surface area contributed by atoms with Gasteiger partial charge < -0.3 is 0 Å². The van der Waals surface area contributed by atoms with Crippen LogP contribution in [-0.2, 0) is 0 Å². The largest absolute Gasteiger partial charge is 0.271 e. The zero-order valence-electron chi connectivity index (χ0n) is 9.00. The van der Waals surface area contributed by atoms with Crippen LogP contribution in [0.5, 0.6) is 0 Å². The maximum absolute atomic E-state index is 13.6. The third kappa shape index (κ3) is 1.54. The van der Waals surface area contributed by atoms with Crippen LogP contribution in [0.25, 0.3) is 17.0 Å². The molecule has 0 aliphatic rings. The minimum atomic E-state index is -0.327. The van der Waals surface area contributed by atoms with Crippen molar-refractivity contribution in [2.24, 2.45) is 0 Å². The second-order valence-electron chi connectivity index (χ2n) is 3.58. The number of hydrogen-bond donors (Lipinski definition) is 0. The van der Waals surface area contributed by atoms with Gasteiger partial charge in [-0.25, -0.2) is 9.37 Å². The zero-order chi connectivity index (χ0) is 11.8. The molecule has 6 heteroatoms. The quantitative estimate of drug-likeness (QED) is 0.636. The van der Waals surface area contributed by atoms with E-state index < -0.39 is 0 Å². The van der Waals surface area contributed by atoms with E-state index in [1.54, 1.807) is 25.1 Å². The van der Waals surface area contributed by atoms with Gasteiger partial charge in [0.25, 0.3) is 5.78 Å². The lowest BCUT2D eigenvalue weighted by Crippen LogP contribution is -1.99. The lowest BCUT2D eigenvalue weighted by atomic mass is 10.1. The summed E-state index contributed by atoms with van der Waals surface area (Å²) in [4.78, 5) is 4.08. The summed E-state index contributed by atoms with van der Waals surface area (Å²) in [6.45, 7) is 1.76. The number of nitrogens with zero attached hydrogens (tertiary/aromatic N) is 5. The summed E-state index contributed by atoms with van der Waals surface area (Å²) in [6.07, 6.45) is 1.49. The van der Waals surface area contributed by atoms with E-state index in [0.29, 0.717) is 22.9 Å². The SMILES string of the molecule is Cc1nnc2ncc(-c3ccccc3F)nn12. The van der Waals surface area contributed by atoms with E-state index in [-0.39, 0.29) is 5.82 Å². The summed E-state index contributed by atoms with van der Waals surface area (Å²) in [5.41, 5.74) is 0.869. The Labute approximate surface area is 96.0 Å². The molecular weight excluding hydrogens is 221 g/mol. The fraction of sp³-hybridized carbons (Fsp3) is 0.0909. The van der Waals surface area contributed by atoms with Crippen molar-refractivity contribution in [3.8, 4) is 11.3 Å². The number of benzene rings is 1. The molecule has 0 atom stereocenters. The van der Waals surface area contributed by atoms with Crippen LogP contribution < -0.4 is 0 Å². The monoisotopic (exact) mass is 229 g/mol. The molecule has 84 valence electrons. The van der Waals surface area contributed by atoms with Gasteiger partial charge in [0.1, 0.15) is 11.5 Å². The molecule has 0 unspecified atom stereocenters. The van der Waals surface area contributed by atoms with Crippen LogP contribution in [0, 0.1) is 12.7 Å². The van der Waals surface area contributed by atoms with E-state index in [4.69, 9.17) is 0 Å². The van der Waals surface area contributed by atoms with Crippen LogP contribution in [0.1, 0.15) is 5.82 Å². The molecule has 0 spiro atoms. The lowest BCUT2D eigenvalue weighted by molar-refractivity contribution is 0.630. The van der Waals surface area contributed by atoms with Crippen molar-refractivity contribution in [2.45, 2.75) is 6.92 Å². The van der Waals surface area contributed by atoms with Gasteiger partial charge in [0.15, 0.2) is 5.82 Å². The summed E-state index contributed by atoms with van der Waals surface area (Å²) < 4.78 is 15.1. The first-order chi connectivity index (χ1) is 8.25. The Bertz CT molecular complexity index is 691. The Balaban J connectivity index is 2.24. The Morgan fingerprint density at radius 1 is 1.18 bits per heavy atom. The van der Waals surface area contributed by atoms with E-state index in [1.807, 2.05) is 0 Å². The van der Waals surface area contributed by atoms with Gasteiger partial charge >= 0.3 is 0 Å². The average Bonchev–Trinajstić information content (AvgIpc) is 2.71. The first-order valence-electron chi connectivity index (χ1n) is 5.05. The summed E-state index contributed by atoms with van der Waals surface area (Å²) >= 11 is 0. The Morgan fingerprint density at radius 2 is 2.00 bits per heavy atom. The molecule has 0 saturated heterocycles. The minimum absolute atomic E-state index is 0.327. The van der Waals surface area contributed by atoms with Crippen molar-refractivity contribution >= 4 is 5.78 Å². The number of halogens is 1. The molecule has 0 aliphatic heterocycles. The van der Waals surface area contributed by atoms with Gasteiger partial charge in [0, 0.05) is 5.56 Å². The Kier molecular flexibility index (Phi) is 2.07. The van der Waals surface area contributed by atoms with Crippen molar-refractivity contribution in [3.05, 3.63) is 42.1 Å². The summed E-state index contributed by atoms with van der Waals surface area (Å²) in [6, 6.07) is 6.43. The predicted octanol–water partition coefficient (Wildman–Crippen LogP) is 1.63. The minimum Gasteiger partial charge on any atom is -0.216 e. The van der Waals surface area contributed by atoms with Crippen molar-refractivity contribution in [1.82, 2.24) is 24.8 Å². The molecule has 0 saturated carbocycles. The highest BCUT2D eigenvalue weighted by atomic mass is 19.1. The summed E-state index contributed by atoms with van der Waals surface area (Å²) in [5.74, 6) is 0.695. The van der Waals surface area contributed by atoms with Gasteiger partial charge in [-0.1, -0.05) is 12.1 Å². The highest BCUT2D eigenvalue weighted by Gasteiger charge is 2.09. The van der Waals surface area contributed by atoms with Crippen molar-refractivity contribution in [1.29, 1.82) is 0 Å². The Morgan fingerprint density at radius 3 is 2.82 bits per heavy atom. The smallest absolute Gasteiger partial charge is 0.216 e. The van der Waals surface area contributed by atoms with Gasteiger partial charge in [-0.05, 0) is 19.1 Å². The molecule has 0 fully saturated rings. The van der Waals surface area contributed by atoms with Crippen molar-refractivity contribution in [2.75, 3.05) is 0 Å². The van der Waals surface area contributed by atoms with Gasteiger partial charge in [-0.2, -0.15) is 9.61 Å². The molecular formula is C11H8FN5. The van der Waals surface area contributed by atoms with E-state index in [0.717, 1.165) is 0 Å². The second-order valence-corrected chi connectivity index (χ2v) is 3.58. The predicted molar refractivity (Wildman–Crippen MR) is 58.7 cm³/mol. The van der Waals surface area contributed by atoms with Gasteiger partial charge in [0.2, 0.25) is 0 Å². The molecule has 0 radical (unpaired) electrons. The molecule has 3 rings (SSSR count). The fourth-order valence-electron chi connectivity index (χ4n) is 1.59. The molecule has 0 N–H and O–H groups in total. The lowest BCUT2D eigenvalue weighted by Gasteiger charge is -2.02.